The van der Waals surface area contributed by atoms with Gasteiger partial charge in [0.15, 0.2) is 0 Å². The van der Waals surface area contributed by atoms with Crippen LogP contribution in [0.1, 0.15) is 33.1 Å². The molecule has 0 spiro atoms. The van der Waals surface area contributed by atoms with Crippen LogP contribution in [0.4, 0.5) is 0 Å². The maximum Gasteiger partial charge on any atom is 1.00 e. The summed E-state index contributed by atoms with van der Waals surface area (Å²) in [4.78, 5) is 10.4. The van der Waals surface area contributed by atoms with Crippen molar-refractivity contribution in [3.63, 3.8) is 0 Å². The molecule has 4 heteroatoms. The van der Waals surface area contributed by atoms with E-state index < -0.39 is 8.03 Å². The first-order chi connectivity index (χ1) is 4.22. The van der Waals surface area contributed by atoms with Gasteiger partial charge in [-0.15, -0.1) is 0 Å². The average molecular weight is 172 g/mol. The van der Waals surface area contributed by atoms with Crippen LogP contribution < -0.4 is 34.5 Å². The van der Waals surface area contributed by atoms with Crippen LogP contribution in [0.3, 0.4) is 0 Å². The van der Waals surface area contributed by atoms with Gasteiger partial charge in [0.1, 0.15) is 0 Å². The molecule has 0 aromatic rings. The number of hydrogen-bond donors (Lipinski definition) is 0. The van der Waals surface area contributed by atoms with E-state index in [9.17, 15) is 9.46 Å². The maximum atomic E-state index is 10.4. The summed E-state index contributed by atoms with van der Waals surface area (Å²) in [6, 6.07) is 0. The van der Waals surface area contributed by atoms with Gasteiger partial charge in [-0.3, -0.25) is 0 Å². The Kier molecular flexibility index (Phi) is 11.4. The Morgan fingerprint density at radius 1 is 1.50 bits per heavy atom. The first-order valence-electron chi connectivity index (χ1n) is 3.43. The maximum absolute atomic E-state index is 10.4. The monoisotopic (exact) mass is 172 g/mol. The van der Waals surface area contributed by atoms with Gasteiger partial charge in [-0.1, -0.05) is 20.3 Å². The molecule has 56 valence electrons. The van der Waals surface area contributed by atoms with E-state index in [1.165, 1.54) is 0 Å². The Morgan fingerprint density at radius 2 is 2.00 bits per heavy atom. The fourth-order valence-corrected chi connectivity index (χ4v) is 1.69. The van der Waals surface area contributed by atoms with Crippen molar-refractivity contribution in [3.05, 3.63) is 0 Å². The molecule has 0 rings (SSSR count). The summed E-state index contributed by atoms with van der Waals surface area (Å²) in [6.45, 7) is 3.92. The van der Waals surface area contributed by atoms with E-state index in [1.807, 2.05) is 13.8 Å². The first kappa shape index (κ1) is 13.8. The van der Waals surface area contributed by atoms with Crippen LogP contribution in [0.25, 0.3) is 0 Å². The second kappa shape index (κ2) is 8.29. The van der Waals surface area contributed by atoms with Crippen LogP contribution in [-0.2, 0) is 4.57 Å². The standard InChI is InChI=1S/C6H15O2P.Na/c1-3-5-6(4-2)9(7)8;/h6,9H,3-5H2,1-2H3,(H,7,8);/q;+1/p-1. The molecule has 2 unspecified atom stereocenters. The van der Waals surface area contributed by atoms with Crippen molar-refractivity contribution in [2.75, 3.05) is 0 Å². The first-order valence-corrected chi connectivity index (χ1v) is 4.82. The summed E-state index contributed by atoms with van der Waals surface area (Å²) in [7, 11) is -2.49. The summed E-state index contributed by atoms with van der Waals surface area (Å²) < 4.78 is 10.4. The molecule has 0 amide bonds. The van der Waals surface area contributed by atoms with Gasteiger partial charge < -0.3 is 9.46 Å². The van der Waals surface area contributed by atoms with E-state index in [4.69, 9.17) is 0 Å². The van der Waals surface area contributed by atoms with Crippen molar-refractivity contribution in [1.29, 1.82) is 0 Å². The van der Waals surface area contributed by atoms with E-state index in [-0.39, 0.29) is 35.2 Å². The fourth-order valence-electron chi connectivity index (χ4n) is 0.837. The molecule has 0 saturated carbocycles. The van der Waals surface area contributed by atoms with E-state index in [2.05, 4.69) is 0 Å². The molecular weight excluding hydrogens is 158 g/mol. The second-order valence-electron chi connectivity index (χ2n) is 2.21. The summed E-state index contributed by atoms with van der Waals surface area (Å²) in [5.74, 6) is 0. The zero-order chi connectivity index (χ0) is 7.28. The normalized spacial score (nSPS) is 15.5. The molecule has 0 aliphatic heterocycles. The minimum Gasteiger partial charge on any atom is -0.801 e. The minimum atomic E-state index is -2.49. The third-order valence-electron chi connectivity index (χ3n) is 1.46. The summed E-state index contributed by atoms with van der Waals surface area (Å²) in [6.07, 6.45) is 2.57. The predicted octanol–water partition coefficient (Wildman–Crippen LogP) is -1.60. The van der Waals surface area contributed by atoms with Gasteiger partial charge >= 0.3 is 29.6 Å². The van der Waals surface area contributed by atoms with Gasteiger partial charge in [-0.05, 0) is 18.5 Å². The molecule has 0 radical (unpaired) electrons. The van der Waals surface area contributed by atoms with Crippen LogP contribution in [-0.4, -0.2) is 5.66 Å². The third-order valence-corrected chi connectivity index (χ3v) is 2.83. The van der Waals surface area contributed by atoms with Crippen molar-refractivity contribution in [2.24, 2.45) is 0 Å². The minimum absolute atomic E-state index is 0. The number of rotatable bonds is 4. The molecule has 0 bridgehead atoms. The SMILES string of the molecule is CCCC(CC)[PH](=O)[O-].[Na+]. The summed E-state index contributed by atoms with van der Waals surface area (Å²) in [5.41, 5.74) is -0.0417. The van der Waals surface area contributed by atoms with Crippen LogP contribution >= 0.6 is 8.03 Å². The Morgan fingerprint density at radius 3 is 2.10 bits per heavy atom. The smallest absolute Gasteiger partial charge is 0.801 e. The molecule has 2 atom stereocenters. The molecular formula is C6H14NaO2P. The zero-order valence-corrected chi connectivity index (χ0v) is 10.0. The molecule has 0 aliphatic rings. The van der Waals surface area contributed by atoms with E-state index in [0.717, 1.165) is 19.3 Å². The van der Waals surface area contributed by atoms with Gasteiger partial charge in [0.25, 0.3) is 0 Å². The van der Waals surface area contributed by atoms with Crippen molar-refractivity contribution < 1.29 is 39.0 Å². The van der Waals surface area contributed by atoms with Crippen molar-refractivity contribution in [2.45, 2.75) is 38.8 Å². The molecule has 0 heterocycles. The van der Waals surface area contributed by atoms with Crippen molar-refractivity contribution >= 4 is 8.03 Å². The third kappa shape index (κ3) is 5.94. The molecule has 2 nitrogen and oxygen atoms in total. The average Bonchev–Trinajstić information content (AvgIpc) is 1.82. The van der Waals surface area contributed by atoms with Crippen LogP contribution in [0.15, 0.2) is 0 Å². The van der Waals surface area contributed by atoms with Crippen molar-refractivity contribution in [1.82, 2.24) is 0 Å². The second-order valence-corrected chi connectivity index (χ2v) is 3.67. The van der Waals surface area contributed by atoms with Crippen LogP contribution in [0.2, 0.25) is 0 Å². The fraction of sp³-hybridized carbons (Fsp3) is 1.00. The van der Waals surface area contributed by atoms with Gasteiger partial charge in [0.2, 0.25) is 0 Å². The molecule has 0 saturated heterocycles. The topological polar surface area (TPSA) is 40.1 Å². The zero-order valence-electron chi connectivity index (χ0n) is 7.02. The Labute approximate surface area is 85.6 Å². The van der Waals surface area contributed by atoms with Gasteiger partial charge in [0.05, 0.1) is 0 Å². The molecule has 0 N–H and O–H groups in total. The Hall–Kier alpha value is 1.19. The molecule has 0 aliphatic carbocycles. The van der Waals surface area contributed by atoms with Crippen LogP contribution in [0.5, 0.6) is 0 Å². The molecule has 0 aromatic heterocycles. The summed E-state index contributed by atoms with van der Waals surface area (Å²) >= 11 is 0. The Bertz CT molecular complexity index is 97.7. The summed E-state index contributed by atoms with van der Waals surface area (Å²) in [5, 5.41) is 0. The largest absolute Gasteiger partial charge is 1.00 e. The van der Waals surface area contributed by atoms with Gasteiger partial charge in [-0.2, -0.15) is 0 Å². The number of hydrogen-bond acceptors (Lipinski definition) is 2. The molecule has 0 aromatic carbocycles. The molecule has 10 heavy (non-hydrogen) atoms. The quantitative estimate of drug-likeness (QED) is 0.378. The van der Waals surface area contributed by atoms with Gasteiger partial charge in [0, 0.05) is 8.03 Å². The van der Waals surface area contributed by atoms with E-state index >= 15 is 0 Å². The predicted molar refractivity (Wildman–Crippen MR) is 38.0 cm³/mol. The van der Waals surface area contributed by atoms with Crippen molar-refractivity contribution in [3.8, 4) is 0 Å². The van der Waals surface area contributed by atoms with E-state index in [1.54, 1.807) is 0 Å². The van der Waals surface area contributed by atoms with Gasteiger partial charge in [-0.25, -0.2) is 0 Å². The Balaban J connectivity index is 0. The molecule has 0 fully saturated rings. The van der Waals surface area contributed by atoms with Crippen LogP contribution in [0, 0.1) is 0 Å². The van der Waals surface area contributed by atoms with E-state index in [0.29, 0.717) is 0 Å².